The minimum atomic E-state index is -3.51. The first kappa shape index (κ1) is 10.6. The predicted octanol–water partition coefficient (Wildman–Crippen LogP) is 1.20. The van der Waals surface area contributed by atoms with Crippen LogP contribution in [0.2, 0.25) is 0 Å². The van der Waals surface area contributed by atoms with E-state index < -0.39 is 15.7 Å². The van der Waals surface area contributed by atoms with Gasteiger partial charge in [-0.3, -0.25) is 0 Å². The molecule has 0 heterocycles. The molecule has 6 heteroatoms. The molecule has 0 atom stereocenters. The van der Waals surface area contributed by atoms with Crippen LogP contribution in [0, 0.1) is 5.82 Å². The van der Waals surface area contributed by atoms with E-state index in [1.807, 2.05) is 0 Å². The van der Waals surface area contributed by atoms with Crippen molar-refractivity contribution in [3.8, 4) is 0 Å². The lowest BCUT2D eigenvalue weighted by atomic mass is 10.3. The van der Waals surface area contributed by atoms with Crippen LogP contribution in [0.25, 0.3) is 0 Å². The molecule has 1 rings (SSSR count). The molecule has 0 N–H and O–H groups in total. The molecule has 0 spiro atoms. The van der Waals surface area contributed by atoms with E-state index in [9.17, 15) is 17.6 Å². The summed E-state index contributed by atoms with van der Waals surface area (Å²) in [5, 5.41) is 0. The molecule has 1 aromatic carbocycles. The predicted molar refractivity (Wildman–Crippen MR) is 47.3 cm³/mol. The number of hydrogen-bond donors (Lipinski definition) is 0. The zero-order valence-corrected chi connectivity index (χ0v) is 8.01. The van der Waals surface area contributed by atoms with E-state index in [4.69, 9.17) is 0 Å². The highest BCUT2D eigenvalue weighted by Gasteiger charge is 2.13. The molecule has 0 bridgehead atoms. The SMILES string of the molecule is CS(=O)(=O)c1ccc(F)cc1N=C=O. The fourth-order valence-electron chi connectivity index (χ4n) is 0.941. The van der Waals surface area contributed by atoms with Gasteiger partial charge >= 0.3 is 0 Å². The van der Waals surface area contributed by atoms with Gasteiger partial charge in [-0.15, -0.1) is 0 Å². The normalized spacial score (nSPS) is 10.7. The number of hydrogen-bond acceptors (Lipinski definition) is 4. The molecule has 0 saturated carbocycles. The second-order valence-electron chi connectivity index (χ2n) is 2.59. The minimum Gasteiger partial charge on any atom is -0.224 e. The highest BCUT2D eigenvalue weighted by Crippen LogP contribution is 2.24. The van der Waals surface area contributed by atoms with Gasteiger partial charge < -0.3 is 0 Å². The summed E-state index contributed by atoms with van der Waals surface area (Å²) in [5.74, 6) is -0.661. The molecule has 0 fully saturated rings. The first-order chi connectivity index (χ1) is 6.45. The maximum atomic E-state index is 12.7. The van der Waals surface area contributed by atoms with Crippen LogP contribution < -0.4 is 0 Å². The molecule has 0 amide bonds. The van der Waals surface area contributed by atoms with E-state index in [0.717, 1.165) is 24.5 Å². The highest BCUT2D eigenvalue weighted by molar-refractivity contribution is 7.90. The number of carbonyl (C=O) groups excluding carboxylic acids is 1. The van der Waals surface area contributed by atoms with Gasteiger partial charge in [0.25, 0.3) is 0 Å². The summed E-state index contributed by atoms with van der Waals surface area (Å²) in [6, 6.07) is 2.91. The average molecular weight is 215 g/mol. The molecule has 0 unspecified atom stereocenters. The van der Waals surface area contributed by atoms with Gasteiger partial charge in [-0.2, -0.15) is 4.99 Å². The van der Waals surface area contributed by atoms with Gasteiger partial charge in [0, 0.05) is 12.3 Å². The summed E-state index contributed by atoms with van der Waals surface area (Å²) in [7, 11) is -3.51. The van der Waals surface area contributed by atoms with Crippen molar-refractivity contribution in [1.82, 2.24) is 0 Å². The smallest absolute Gasteiger partial charge is 0.224 e. The fourth-order valence-corrected chi connectivity index (χ4v) is 1.74. The average Bonchev–Trinajstić information content (AvgIpc) is 2.02. The molecular formula is C8H6FNO3S. The number of aliphatic imine (C=N–C) groups is 1. The summed E-state index contributed by atoms with van der Waals surface area (Å²) in [5.41, 5.74) is -0.234. The van der Waals surface area contributed by atoms with Crippen LogP contribution >= 0.6 is 0 Å². The Kier molecular flexibility index (Phi) is 2.78. The van der Waals surface area contributed by atoms with E-state index >= 15 is 0 Å². The van der Waals surface area contributed by atoms with Gasteiger partial charge in [-0.05, 0) is 12.1 Å². The fraction of sp³-hybridized carbons (Fsp3) is 0.125. The van der Waals surface area contributed by atoms with Crippen molar-refractivity contribution in [3.05, 3.63) is 24.0 Å². The van der Waals surface area contributed by atoms with Crippen LogP contribution in [0.3, 0.4) is 0 Å². The Morgan fingerprint density at radius 3 is 2.57 bits per heavy atom. The third-order valence-electron chi connectivity index (χ3n) is 1.49. The van der Waals surface area contributed by atoms with Crippen LogP contribution in [0.5, 0.6) is 0 Å². The lowest BCUT2D eigenvalue weighted by Crippen LogP contribution is -1.97. The molecule has 14 heavy (non-hydrogen) atoms. The van der Waals surface area contributed by atoms with Crippen LogP contribution in [0.15, 0.2) is 28.1 Å². The molecule has 0 radical (unpaired) electrons. The van der Waals surface area contributed by atoms with Gasteiger partial charge in [-0.25, -0.2) is 17.6 Å². The Morgan fingerprint density at radius 1 is 1.43 bits per heavy atom. The van der Waals surface area contributed by atoms with Gasteiger partial charge in [0.2, 0.25) is 6.08 Å². The minimum absolute atomic E-state index is 0.192. The maximum Gasteiger partial charge on any atom is 0.240 e. The standard InChI is InChI=1S/C8H6FNO3S/c1-14(12,13)8-3-2-6(9)4-7(8)10-5-11/h2-4H,1H3. The highest BCUT2D eigenvalue weighted by atomic mass is 32.2. The van der Waals surface area contributed by atoms with E-state index in [1.54, 1.807) is 0 Å². The van der Waals surface area contributed by atoms with Crippen molar-refractivity contribution in [2.75, 3.05) is 6.26 Å². The van der Waals surface area contributed by atoms with E-state index in [0.29, 0.717) is 0 Å². The van der Waals surface area contributed by atoms with Crippen molar-refractivity contribution < 1.29 is 17.6 Å². The molecule has 0 aliphatic carbocycles. The summed E-state index contributed by atoms with van der Waals surface area (Å²) in [6.07, 6.45) is 2.12. The van der Waals surface area contributed by atoms with E-state index in [1.165, 1.54) is 6.08 Å². The number of benzene rings is 1. The first-order valence-electron chi connectivity index (χ1n) is 3.52. The van der Waals surface area contributed by atoms with E-state index in [2.05, 4.69) is 4.99 Å². The van der Waals surface area contributed by atoms with Gasteiger partial charge in [0.05, 0.1) is 10.6 Å². The Balaban J connectivity index is 3.52. The summed E-state index contributed by atoms with van der Waals surface area (Å²) >= 11 is 0. The van der Waals surface area contributed by atoms with Crippen molar-refractivity contribution in [3.63, 3.8) is 0 Å². The summed E-state index contributed by atoms with van der Waals surface area (Å²) in [4.78, 5) is 12.9. The van der Waals surface area contributed by atoms with Crippen LogP contribution in [0.1, 0.15) is 0 Å². The first-order valence-corrected chi connectivity index (χ1v) is 5.42. The van der Waals surface area contributed by atoms with Crippen molar-refractivity contribution in [1.29, 1.82) is 0 Å². The molecular weight excluding hydrogens is 209 g/mol. The number of sulfone groups is 1. The van der Waals surface area contributed by atoms with Gasteiger partial charge in [0.15, 0.2) is 9.84 Å². The molecule has 0 saturated heterocycles. The Labute approximate surface area is 80.0 Å². The third kappa shape index (κ3) is 2.25. The number of rotatable bonds is 2. The second-order valence-corrected chi connectivity index (χ2v) is 4.57. The summed E-state index contributed by atoms with van der Waals surface area (Å²) < 4.78 is 34.9. The molecule has 1 aromatic rings. The molecule has 0 aliphatic rings. The number of halogens is 1. The Bertz CT molecular complexity index is 503. The Hall–Kier alpha value is -1.52. The molecule has 0 aliphatic heterocycles. The van der Waals surface area contributed by atoms with E-state index in [-0.39, 0.29) is 10.6 Å². The molecule has 0 aromatic heterocycles. The van der Waals surface area contributed by atoms with Crippen LogP contribution in [0.4, 0.5) is 10.1 Å². The van der Waals surface area contributed by atoms with Crippen molar-refractivity contribution in [2.24, 2.45) is 4.99 Å². The van der Waals surface area contributed by atoms with Crippen LogP contribution in [-0.2, 0) is 14.6 Å². The lowest BCUT2D eigenvalue weighted by Gasteiger charge is -2.00. The van der Waals surface area contributed by atoms with Gasteiger partial charge in [0.1, 0.15) is 5.82 Å². The maximum absolute atomic E-state index is 12.7. The molecule has 4 nitrogen and oxygen atoms in total. The number of isocyanates is 1. The lowest BCUT2D eigenvalue weighted by molar-refractivity contribution is 0.565. The van der Waals surface area contributed by atoms with Crippen LogP contribution in [-0.4, -0.2) is 20.8 Å². The number of nitrogens with zero attached hydrogens (tertiary/aromatic N) is 1. The quantitative estimate of drug-likeness (QED) is 0.423. The van der Waals surface area contributed by atoms with Crippen molar-refractivity contribution in [2.45, 2.75) is 4.90 Å². The zero-order valence-electron chi connectivity index (χ0n) is 7.19. The Morgan fingerprint density at radius 2 is 2.07 bits per heavy atom. The second kappa shape index (κ2) is 3.69. The summed E-state index contributed by atoms with van der Waals surface area (Å²) in [6.45, 7) is 0. The molecule has 74 valence electrons. The van der Waals surface area contributed by atoms with Gasteiger partial charge in [-0.1, -0.05) is 0 Å². The van der Waals surface area contributed by atoms with Crippen molar-refractivity contribution >= 4 is 21.6 Å². The zero-order chi connectivity index (χ0) is 10.8. The topological polar surface area (TPSA) is 63.6 Å². The largest absolute Gasteiger partial charge is 0.240 e. The monoisotopic (exact) mass is 215 g/mol. The third-order valence-corrected chi connectivity index (χ3v) is 2.63.